The van der Waals surface area contributed by atoms with Crippen molar-refractivity contribution >= 4 is 38.3 Å². The number of benzene rings is 1. The van der Waals surface area contributed by atoms with Gasteiger partial charge in [-0.25, -0.2) is 4.98 Å². The maximum Gasteiger partial charge on any atom is 0.183 e. The molecule has 1 heterocycles. The molecule has 0 bridgehead atoms. The Bertz CT molecular complexity index is 527. The predicted molar refractivity (Wildman–Crippen MR) is 83.4 cm³/mol. The Morgan fingerprint density at radius 1 is 1.37 bits per heavy atom. The van der Waals surface area contributed by atoms with Crippen LogP contribution >= 0.6 is 22.9 Å². The van der Waals surface area contributed by atoms with E-state index in [1.807, 2.05) is 18.2 Å². The Kier molecular flexibility index (Phi) is 5.43. The highest BCUT2D eigenvalue weighted by Gasteiger charge is 2.03. The highest BCUT2D eigenvalue weighted by Crippen LogP contribution is 2.27. The van der Waals surface area contributed by atoms with Crippen LogP contribution in [0, 0.1) is 0 Å². The van der Waals surface area contributed by atoms with Gasteiger partial charge in [0.05, 0.1) is 16.3 Å². The van der Waals surface area contributed by atoms with Crippen LogP contribution in [0.15, 0.2) is 18.2 Å². The van der Waals surface area contributed by atoms with Crippen molar-refractivity contribution in [1.82, 2.24) is 4.98 Å². The van der Waals surface area contributed by atoms with Crippen LogP contribution in [0.3, 0.4) is 0 Å². The summed E-state index contributed by atoms with van der Waals surface area (Å²) >= 11 is 7.61. The van der Waals surface area contributed by atoms with E-state index in [1.54, 1.807) is 11.3 Å². The molecule has 0 aliphatic heterocycles. The van der Waals surface area contributed by atoms with Crippen LogP contribution in [0.25, 0.3) is 10.2 Å². The number of anilines is 1. The van der Waals surface area contributed by atoms with Crippen LogP contribution in [-0.4, -0.2) is 24.2 Å². The molecular weight excluding hydrogens is 280 g/mol. The molecule has 0 saturated heterocycles. The van der Waals surface area contributed by atoms with Crippen LogP contribution < -0.4 is 5.32 Å². The lowest BCUT2D eigenvalue weighted by Gasteiger charge is -2.07. The number of halogens is 1. The molecule has 0 spiro atoms. The van der Waals surface area contributed by atoms with Gasteiger partial charge < -0.3 is 10.1 Å². The third kappa shape index (κ3) is 4.64. The number of ether oxygens (including phenoxy) is 1. The topological polar surface area (TPSA) is 34.1 Å². The predicted octanol–water partition coefficient (Wildman–Crippen LogP) is 4.57. The summed E-state index contributed by atoms with van der Waals surface area (Å²) in [6.07, 6.45) is 2.48. The maximum atomic E-state index is 5.95. The summed E-state index contributed by atoms with van der Waals surface area (Å²) in [4.78, 5) is 4.51. The molecule has 0 unspecified atom stereocenters. The van der Waals surface area contributed by atoms with Crippen molar-refractivity contribution in [3.63, 3.8) is 0 Å². The van der Waals surface area contributed by atoms with Crippen LogP contribution in [0.2, 0.25) is 5.02 Å². The third-order valence-corrected chi connectivity index (χ3v) is 3.88. The lowest BCUT2D eigenvalue weighted by molar-refractivity contribution is 0.0765. The average molecular weight is 299 g/mol. The van der Waals surface area contributed by atoms with Gasteiger partial charge in [0.15, 0.2) is 5.13 Å². The highest BCUT2D eigenvalue weighted by molar-refractivity contribution is 7.22. The Balaban J connectivity index is 1.75. The van der Waals surface area contributed by atoms with Crippen molar-refractivity contribution in [3.8, 4) is 0 Å². The zero-order chi connectivity index (χ0) is 13.7. The average Bonchev–Trinajstić information content (AvgIpc) is 2.75. The molecule has 0 atom stereocenters. The molecule has 0 amide bonds. The van der Waals surface area contributed by atoms with E-state index in [-0.39, 0.29) is 0 Å². The van der Waals surface area contributed by atoms with Crippen molar-refractivity contribution in [2.24, 2.45) is 0 Å². The number of aromatic nitrogens is 1. The Morgan fingerprint density at radius 2 is 2.21 bits per heavy atom. The Hall–Kier alpha value is -0.840. The summed E-state index contributed by atoms with van der Waals surface area (Å²) in [6, 6.07) is 5.81. The van der Waals surface area contributed by atoms with Crippen LogP contribution in [0.4, 0.5) is 5.13 Å². The second-order valence-electron chi connectivity index (χ2n) is 4.68. The summed E-state index contributed by atoms with van der Waals surface area (Å²) in [5.74, 6) is 0. The van der Waals surface area contributed by atoms with Crippen molar-refractivity contribution in [2.75, 3.05) is 18.5 Å². The van der Waals surface area contributed by atoms with E-state index in [2.05, 4.69) is 24.1 Å². The molecule has 0 aliphatic carbocycles. The van der Waals surface area contributed by atoms with Gasteiger partial charge in [-0.2, -0.15) is 0 Å². The van der Waals surface area contributed by atoms with E-state index in [0.29, 0.717) is 6.10 Å². The molecule has 1 aromatic carbocycles. The minimum absolute atomic E-state index is 0.321. The summed E-state index contributed by atoms with van der Waals surface area (Å²) in [5.41, 5.74) is 0.961. The normalized spacial score (nSPS) is 11.4. The lowest BCUT2D eigenvalue weighted by Crippen LogP contribution is -2.06. The minimum atomic E-state index is 0.321. The molecule has 0 saturated carbocycles. The Labute approximate surface area is 122 Å². The van der Waals surface area contributed by atoms with Crippen LogP contribution in [-0.2, 0) is 4.74 Å². The first kappa shape index (κ1) is 14.6. The fourth-order valence-electron chi connectivity index (χ4n) is 1.72. The van der Waals surface area contributed by atoms with Gasteiger partial charge in [-0.3, -0.25) is 0 Å². The molecule has 0 fully saturated rings. The first-order chi connectivity index (χ1) is 9.15. The molecule has 19 heavy (non-hydrogen) atoms. The number of nitrogens with one attached hydrogen (secondary N) is 1. The maximum absolute atomic E-state index is 5.95. The highest BCUT2D eigenvalue weighted by atomic mass is 35.5. The van der Waals surface area contributed by atoms with E-state index in [0.717, 1.165) is 46.4 Å². The van der Waals surface area contributed by atoms with Gasteiger partial charge >= 0.3 is 0 Å². The molecule has 0 aliphatic rings. The smallest absolute Gasteiger partial charge is 0.183 e. The Morgan fingerprint density at radius 3 is 3.00 bits per heavy atom. The second kappa shape index (κ2) is 7.08. The molecule has 5 heteroatoms. The first-order valence-electron chi connectivity index (χ1n) is 6.57. The largest absolute Gasteiger partial charge is 0.379 e. The molecule has 1 aromatic heterocycles. The number of hydrogen-bond acceptors (Lipinski definition) is 4. The number of hydrogen-bond donors (Lipinski definition) is 1. The number of thiazole rings is 1. The van der Waals surface area contributed by atoms with Gasteiger partial charge in [0.25, 0.3) is 0 Å². The first-order valence-corrected chi connectivity index (χ1v) is 7.76. The van der Waals surface area contributed by atoms with Crippen molar-refractivity contribution in [2.45, 2.75) is 32.8 Å². The van der Waals surface area contributed by atoms with Crippen LogP contribution in [0.1, 0.15) is 26.7 Å². The summed E-state index contributed by atoms with van der Waals surface area (Å²) in [6.45, 7) is 5.87. The fraction of sp³-hybridized carbons (Fsp3) is 0.500. The lowest BCUT2D eigenvalue weighted by atomic mass is 10.3. The van der Waals surface area contributed by atoms with Crippen LogP contribution in [0.5, 0.6) is 0 Å². The molecule has 2 aromatic rings. The zero-order valence-electron chi connectivity index (χ0n) is 11.3. The number of rotatable bonds is 7. The number of nitrogens with zero attached hydrogens (tertiary/aromatic N) is 1. The standard InChI is InChI=1S/C14H19ClN2OS/c1-10(2)18-8-4-3-7-16-14-17-12-9-11(15)5-6-13(12)19-14/h5-6,9-10H,3-4,7-8H2,1-2H3,(H,16,17). The molecule has 3 nitrogen and oxygen atoms in total. The molecular formula is C14H19ClN2OS. The second-order valence-corrected chi connectivity index (χ2v) is 6.15. The van der Waals surface area contributed by atoms with Crippen molar-refractivity contribution < 1.29 is 4.74 Å². The minimum Gasteiger partial charge on any atom is -0.379 e. The summed E-state index contributed by atoms with van der Waals surface area (Å²) in [7, 11) is 0. The van der Waals surface area contributed by atoms with Gasteiger partial charge in [0.2, 0.25) is 0 Å². The summed E-state index contributed by atoms with van der Waals surface area (Å²) < 4.78 is 6.66. The van der Waals surface area contributed by atoms with Gasteiger partial charge in [-0.1, -0.05) is 22.9 Å². The third-order valence-electron chi connectivity index (χ3n) is 2.65. The zero-order valence-corrected chi connectivity index (χ0v) is 12.9. The van der Waals surface area contributed by atoms with E-state index in [4.69, 9.17) is 16.3 Å². The van der Waals surface area contributed by atoms with Crippen molar-refractivity contribution in [1.29, 1.82) is 0 Å². The monoisotopic (exact) mass is 298 g/mol. The van der Waals surface area contributed by atoms with E-state index in [9.17, 15) is 0 Å². The number of unbranched alkanes of at least 4 members (excludes halogenated alkanes) is 1. The van der Waals surface area contributed by atoms with E-state index >= 15 is 0 Å². The van der Waals surface area contributed by atoms with Gasteiger partial charge in [-0.05, 0) is 44.9 Å². The molecule has 104 valence electrons. The SMILES string of the molecule is CC(C)OCCCCNc1nc2cc(Cl)ccc2s1. The van der Waals surface area contributed by atoms with E-state index in [1.165, 1.54) is 0 Å². The van der Waals surface area contributed by atoms with E-state index < -0.39 is 0 Å². The molecule has 0 radical (unpaired) electrons. The van der Waals surface area contributed by atoms with Gasteiger partial charge in [0.1, 0.15) is 0 Å². The quantitative estimate of drug-likeness (QED) is 0.761. The summed E-state index contributed by atoms with van der Waals surface area (Å²) in [5, 5.41) is 5.04. The number of fused-ring (bicyclic) bond motifs is 1. The molecule has 1 N–H and O–H groups in total. The van der Waals surface area contributed by atoms with Gasteiger partial charge in [0, 0.05) is 18.2 Å². The molecule has 2 rings (SSSR count). The fourth-order valence-corrected chi connectivity index (χ4v) is 2.76. The van der Waals surface area contributed by atoms with Crippen molar-refractivity contribution in [3.05, 3.63) is 23.2 Å². The van der Waals surface area contributed by atoms with Gasteiger partial charge in [-0.15, -0.1) is 0 Å².